The lowest BCUT2D eigenvalue weighted by atomic mass is 9.94. The van der Waals surface area contributed by atoms with Crippen molar-refractivity contribution < 1.29 is 0 Å². The van der Waals surface area contributed by atoms with Gasteiger partial charge < -0.3 is 4.57 Å². The van der Waals surface area contributed by atoms with Gasteiger partial charge in [0.15, 0.2) is 11.6 Å². The van der Waals surface area contributed by atoms with E-state index in [1.165, 1.54) is 16.7 Å². The number of nitrogens with zero attached hydrogens (tertiary/aromatic N) is 5. The molecule has 0 spiro atoms. The topological polar surface area (TPSA) is 48.5 Å². The molecule has 0 N–H and O–H groups in total. The summed E-state index contributed by atoms with van der Waals surface area (Å²) in [6, 6.07) is 88.2. The molecule has 0 aliphatic carbocycles. The molecule has 0 saturated heterocycles. The first-order chi connectivity index (χ1) is 33.7. The van der Waals surface area contributed by atoms with Crippen molar-refractivity contribution in [2.24, 2.45) is 0 Å². The minimum absolute atomic E-state index is 0.546. The maximum absolute atomic E-state index is 5.51. The standard InChI is InChI=1S/C63H41N5/c1-5-20-42(21-6-1)45-26-17-28-47(38-45)48-29-19-31-50(40-48)62-64-61(44-24-9-3-10-25-44)65-63(66-62)68-56-37-16-13-34-52(56)58-54(49-30-18-27-46(39-49)43-22-7-2-8-23-43)41-57-59(60(58)68)53-35-14-15-36-55(53)67(57)51-32-11-4-12-33-51/h1-41H. The summed E-state index contributed by atoms with van der Waals surface area (Å²) in [4.78, 5) is 16.2. The zero-order valence-corrected chi connectivity index (χ0v) is 36.9. The monoisotopic (exact) mass is 867 g/mol. The summed E-state index contributed by atoms with van der Waals surface area (Å²) in [5.74, 6) is 1.74. The van der Waals surface area contributed by atoms with E-state index in [1.54, 1.807) is 0 Å². The van der Waals surface area contributed by atoms with Gasteiger partial charge >= 0.3 is 0 Å². The molecular formula is C63H41N5. The lowest BCUT2D eigenvalue weighted by molar-refractivity contribution is 0.955. The summed E-state index contributed by atoms with van der Waals surface area (Å²) in [5.41, 5.74) is 16.3. The van der Waals surface area contributed by atoms with Crippen LogP contribution in [0.1, 0.15) is 0 Å². The van der Waals surface area contributed by atoms with Crippen LogP contribution < -0.4 is 0 Å². The van der Waals surface area contributed by atoms with E-state index in [4.69, 9.17) is 15.0 Å². The molecular weight excluding hydrogens is 827 g/mol. The molecule has 0 unspecified atom stereocenters. The fourth-order valence-electron chi connectivity index (χ4n) is 10.0. The Balaban J connectivity index is 1.12. The van der Waals surface area contributed by atoms with Crippen molar-refractivity contribution in [3.63, 3.8) is 0 Å². The highest BCUT2D eigenvalue weighted by atomic mass is 15.2. The first kappa shape index (κ1) is 39.2. The Bertz CT molecular complexity index is 4010. The van der Waals surface area contributed by atoms with E-state index in [2.05, 4.69) is 240 Å². The van der Waals surface area contributed by atoms with Gasteiger partial charge in [0.1, 0.15) is 0 Å². The largest absolute Gasteiger partial charge is 0.309 e. The van der Waals surface area contributed by atoms with Crippen molar-refractivity contribution in [2.45, 2.75) is 0 Å². The van der Waals surface area contributed by atoms with Gasteiger partial charge in [-0.3, -0.25) is 4.57 Å². The summed E-state index contributed by atoms with van der Waals surface area (Å²) >= 11 is 0. The van der Waals surface area contributed by atoms with Gasteiger partial charge in [0.05, 0.1) is 22.1 Å². The average molecular weight is 868 g/mol. The molecule has 68 heavy (non-hydrogen) atoms. The van der Waals surface area contributed by atoms with Crippen LogP contribution in [0.25, 0.3) is 123 Å². The zero-order valence-electron chi connectivity index (χ0n) is 36.9. The van der Waals surface area contributed by atoms with Gasteiger partial charge in [0.2, 0.25) is 5.95 Å². The van der Waals surface area contributed by atoms with Crippen LogP contribution in [-0.4, -0.2) is 24.1 Å². The number of fused-ring (bicyclic) bond motifs is 7. The van der Waals surface area contributed by atoms with Gasteiger partial charge in [-0.05, 0) is 93.0 Å². The molecule has 0 aliphatic rings. The first-order valence-electron chi connectivity index (χ1n) is 23.0. The Morgan fingerprint density at radius 1 is 0.265 bits per heavy atom. The van der Waals surface area contributed by atoms with E-state index >= 15 is 0 Å². The third-order valence-electron chi connectivity index (χ3n) is 13.1. The van der Waals surface area contributed by atoms with Gasteiger partial charge in [0.25, 0.3) is 0 Å². The van der Waals surface area contributed by atoms with Crippen LogP contribution >= 0.6 is 0 Å². The molecule has 5 heteroatoms. The van der Waals surface area contributed by atoms with Crippen molar-refractivity contribution in [2.75, 3.05) is 0 Å². The third-order valence-corrected chi connectivity index (χ3v) is 13.1. The Morgan fingerprint density at radius 2 is 0.676 bits per heavy atom. The first-order valence-corrected chi connectivity index (χ1v) is 23.0. The highest BCUT2D eigenvalue weighted by molar-refractivity contribution is 6.29. The van der Waals surface area contributed by atoms with Gasteiger partial charge in [-0.15, -0.1) is 0 Å². The predicted molar refractivity (Wildman–Crippen MR) is 281 cm³/mol. The van der Waals surface area contributed by atoms with Crippen LogP contribution in [0.5, 0.6) is 0 Å². The molecule has 0 bridgehead atoms. The maximum Gasteiger partial charge on any atom is 0.238 e. The van der Waals surface area contributed by atoms with Gasteiger partial charge in [-0.25, -0.2) is 4.98 Å². The van der Waals surface area contributed by atoms with Crippen molar-refractivity contribution >= 4 is 43.6 Å². The Morgan fingerprint density at radius 3 is 1.28 bits per heavy atom. The number of rotatable bonds is 8. The van der Waals surface area contributed by atoms with Crippen molar-refractivity contribution in [1.29, 1.82) is 0 Å². The summed E-state index contributed by atoms with van der Waals surface area (Å²) < 4.78 is 4.70. The minimum Gasteiger partial charge on any atom is -0.309 e. The molecule has 0 atom stereocenters. The molecule has 5 nitrogen and oxygen atoms in total. The second-order valence-electron chi connectivity index (χ2n) is 17.2. The van der Waals surface area contributed by atoms with Crippen LogP contribution in [0.15, 0.2) is 249 Å². The quantitative estimate of drug-likeness (QED) is 0.153. The molecule has 0 radical (unpaired) electrons. The molecule has 10 aromatic carbocycles. The molecule has 13 rings (SSSR count). The van der Waals surface area contributed by atoms with Crippen LogP contribution in [0.4, 0.5) is 0 Å². The molecule has 3 aromatic heterocycles. The van der Waals surface area contributed by atoms with Crippen LogP contribution in [0.3, 0.4) is 0 Å². The highest BCUT2D eigenvalue weighted by Gasteiger charge is 2.26. The smallest absolute Gasteiger partial charge is 0.238 e. The van der Waals surface area contributed by atoms with E-state index in [9.17, 15) is 0 Å². The Labute approximate surface area is 393 Å². The molecule has 3 heterocycles. The summed E-state index contributed by atoms with van der Waals surface area (Å²) in [6.45, 7) is 0. The number of hydrogen-bond donors (Lipinski definition) is 0. The van der Waals surface area contributed by atoms with E-state index < -0.39 is 0 Å². The fraction of sp³-hybridized carbons (Fsp3) is 0. The molecule has 318 valence electrons. The van der Waals surface area contributed by atoms with Gasteiger partial charge in [-0.1, -0.05) is 200 Å². The van der Waals surface area contributed by atoms with Crippen LogP contribution in [0, 0.1) is 0 Å². The lowest BCUT2D eigenvalue weighted by Gasteiger charge is -2.14. The van der Waals surface area contributed by atoms with E-state index in [0.29, 0.717) is 17.6 Å². The van der Waals surface area contributed by atoms with Crippen molar-refractivity contribution in [3.05, 3.63) is 249 Å². The third kappa shape index (κ3) is 6.68. The number of hydrogen-bond acceptors (Lipinski definition) is 3. The van der Waals surface area contributed by atoms with E-state index in [-0.39, 0.29) is 0 Å². The summed E-state index contributed by atoms with van der Waals surface area (Å²) in [5, 5.41) is 4.53. The molecule has 0 aliphatic heterocycles. The molecule has 13 aromatic rings. The Kier molecular flexibility index (Phi) is 9.43. The second kappa shape index (κ2) is 16.4. The van der Waals surface area contributed by atoms with E-state index in [1.807, 2.05) is 18.2 Å². The molecule has 0 amide bonds. The summed E-state index contributed by atoms with van der Waals surface area (Å²) in [6.07, 6.45) is 0. The van der Waals surface area contributed by atoms with E-state index in [0.717, 1.165) is 88.2 Å². The minimum atomic E-state index is 0.546. The van der Waals surface area contributed by atoms with Crippen LogP contribution in [-0.2, 0) is 0 Å². The number of benzene rings is 10. The Hall–Kier alpha value is -9.19. The normalized spacial score (nSPS) is 11.5. The van der Waals surface area contributed by atoms with Crippen molar-refractivity contribution in [1.82, 2.24) is 24.1 Å². The predicted octanol–water partition coefficient (Wildman–Crippen LogP) is 16.1. The molecule has 0 fully saturated rings. The van der Waals surface area contributed by atoms with Gasteiger partial charge in [0, 0.05) is 38.4 Å². The molecule has 0 saturated carbocycles. The highest BCUT2D eigenvalue weighted by Crippen LogP contribution is 2.47. The fourth-order valence-corrected chi connectivity index (χ4v) is 10.0. The average Bonchev–Trinajstić information content (AvgIpc) is 3.95. The van der Waals surface area contributed by atoms with Crippen molar-refractivity contribution in [3.8, 4) is 78.9 Å². The number of para-hydroxylation sites is 3. The second-order valence-corrected chi connectivity index (χ2v) is 17.2. The summed E-state index contributed by atoms with van der Waals surface area (Å²) in [7, 11) is 0. The lowest BCUT2D eigenvalue weighted by Crippen LogP contribution is -2.06. The zero-order chi connectivity index (χ0) is 45.0. The SMILES string of the molecule is c1ccc(-c2cccc(-c3cccc(-c4nc(-c5ccccc5)nc(-n5c6ccccc6c6c(-c7cccc(-c8ccccc8)c7)cc7c(c8ccccc8n7-c7ccccc7)c65)n4)c3)c2)cc1. The van der Waals surface area contributed by atoms with Crippen LogP contribution in [0.2, 0.25) is 0 Å². The number of aromatic nitrogens is 5. The van der Waals surface area contributed by atoms with Gasteiger partial charge in [-0.2, -0.15) is 9.97 Å². The maximum atomic E-state index is 5.51.